The van der Waals surface area contributed by atoms with E-state index in [-0.39, 0.29) is 23.6 Å². The molecule has 6 rings (SSSR count). The molecule has 0 bridgehead atoms. The summed E-state index contributed by atoms with van der Waals surface area (Å²) in [4.78, 5) is 31.3. The minimum Gasteiger partial charge on any atom is -0.461 e. The van der Waals surface area contributed by atoms with Gasteiger partial charge in [0.2, 0.25) is 6.54 Å². The van der Waals surface area contributed by atoms with Crippen LogP contribution in [0.3, 0.4) is 0 Å². The van der Waals surface area contributed by atoms with E-state index in [2.05, 4.69) is 14.6 Å². The van der Waals surface area contributed by atoms with E-state index >= 15 is 0 Å². The molecule has 3 aromatic rings. The SMILES string of the molecule is [C-]#[N+]C[C@@H]1CCCN(c2nc(OC[C@@H]3CC(F)(F)CN3C(=O)OC(C)(C)C)nc3c2CCN(c2cccc4ccc(F)c(Cl)c24)C3)C1. The third-order valence-corrected chi connectivity index (χ3v) is 9.22. The highest BCUT2D eigenvalue weighted by molar-refractivity contribution is 6.36. The number of alkyl halides is 2. The van der Waals surface area contributed by atoms with E-state index in [4.69, 9.17) is 37.6 Å². The molecule has 2 atom stereocenters. The van der Waals surface area contributed by atoms with Gasteiger partial charge in [0.1, 0.15) is 23.8 Å². The van der Waals surface area contributed by atoms with Crippen LogP contribution in [0.2, 0.25) is 5.02 Å². The lowest BCUT2D eigenvalue weighted by Gasteiger charge is -2.36. The van der Waals surface area contributed by atoms with Gasteiger partial charge in [0.25, 0.3) is 5.92 Å². The summed E-state index contributed by atoms with van der Waals surface area (Å²) in [5, 5.41) is 1.48. The molecule has 0 spiro atoms. The smallest absolute Gasteiger partial charge is 0.410 e. The van der Waals surface area contributed by atoms with Crippen LogP contribution >= 0.6 is 11.6 Å². The van der Waals surface area contributed by atoms with Crippen LogP contribution in [0.1, 0.15) is 51.3 Å². The van der Waals surface area contributed by atoms with Crippen LogP contribution in [0.25, 0.3) is 15.6 Å². The fourth-order valence-electron chi connectivity index (χ4n) is 6.76. The van der Waals surface area contributed by atoms with Crippen molar-refractivity contribution in [1.29, 1.82) is 0 Å². The summed E-state index contributed by atoms with van der Waals surface area (Å²) < 4.78 is 55.1. The van der Waals surface area contributed by atoms with Crippen LogP contribution in [-0.4, -0.2) is 77.9 Å². The molecule has 13 heteroatoms. The lowest BCUT2D eigenvalue weighted by Crippen LogP contribution is -2.43. The molecule has 3 aliphatic rings. The van der Waals surface area contributed by atoms with Gasteiger partial charge in [0, 0.05) is 48.6 Å². The van der Waals surface area contributed by atoms with E-state index in [0.29, 0.717) is 49.5 Å². The maximum absolute atomic E-state index is 14.6. The number of fused-ring (bicyclic) bond motifs is 2. The zero-order chi connectivity index (χ0) is 33.5. The van der Waals surface area contributed by atoms with Gasteiger partial charge in [-0.15, -0.1) is 0 Å². The number of halogens is 4. The summed E-state index contributed by atoms with van der Waals surface area (Å²) in [6.45, 7) is 14.2. The number of hydrogen-bond acceptors (Lipinski definition) is 7. The normalized spacial score (nSPS) is 21.0. The number of piperidine rings is 1. The van der Waals surface area contributed by atoms with Crippen LogP contribution in [-0.2, 0) is 17.7 Å². The summed E-state index contributed by atoms with van der Waals surface area (Å²) in [5.41, 5.74) is 1.59. The number of likely N-dealkylation sites (tertiary alicyclic amines) is 1. The van der Waals surface area contributed by atoms with E-state index in [9.17, 15) is 18.0 Å². The Morgan fingerprint density at radius 2 is 1.98 bits per heavy atom. The van der Waals surface area contributed by atoms with E-state index in [1.54, 1.807) is 26.8 Å². The van der Waals surface area contributed by atoms with Crippen molar-refractivity contribution in [3.8, 4) is 6.01 Å². The zero-order valence-electron chi connectivity index (χ0n) is 26.7. The number of amides is 1. The van der Waals surface area contributed by atoms with Crippen LogP contribution in [0.4, 0.5) is 29.5 Å². The second-order valence-electron chi connectivity index (χ2n) is 13.6. The molecule has 1 amide bonds. The molecule has 0 unspecified atom stereocenters. The minimum absolute atomic E-state index is 0.0225. The molecule has 2 fully saturated rings. The molecular formula is C34H38ClF3N6O3. The number of ether oxygens (including phenoxy) is 2. The van der Waals surface area contributed by atoms with Crippen LogP contribution < -0.4 is 14.5 Å². The maximum atomic E-state index is 14.6. The largest absolute Gasteiger partial charge is 0.461 e. The number of rotatable bonds is 6. The molecule has 0 aliphatic carbocycles. The molecule has 47 heavy (non-hydrogen) atoms. The van der Waals surface area contributed by atoms with Crippen molar-refractivity contribution in [1.82, 2.24) is 14.9 Å². The first-order valence-electron chi connectivity index (χ1n) is 15.9. The topological polar surface area (TPSA) is 75.4 Å². The van der Waals surface area contributed by atoms with Crippen LogP contribution in [0.5, 0.6) is 6.01 Å². The van der Waals surface area contributed by atoms with Gasteiger partial charge in [-0.05, 0) is 57.6 Å². The molecule has 3 aliphatic heterocycles. The van der Waals surface area contributed by atoms with Crippen LogP contribution in [0, 0.1) is 18.3 Å². The molecule has 2 aromatic carbocycles. The summed E-state index contributed by atoms with van der Waals surface area (Å²) in [5.74, 6) is -2.67. The number of nitrogens with zero attached hydrogens (tertiary/aromatic N) is 6. The van der Waals surface area contributed by atoms with Crippen LogP contribution in [0.15, 0.2) is 30.3 Å². The van der Waals surface area contributed by atoms with Gasteiger partial charge in [0.15, 0.2) is 0 Å². The number of aromatic nitrogens is 2. The zero-order valence-corrected chi connectivity index (χ0v) is 27.5. The number of carbonyl (C=O) groups is 1. The molecule has 9 nitrogen and oxygen atoms in total. The molecule has 250 valence electrons. The molecular weight excluding hydrogens is 633 g/mol. The van der Waals surface area contributed by atoms with Gasteiger partial charge in [-0.25, -0.2) is 24.5 Å². The first-order chi connectivity index (χ1) is 22.3. The predicted molar refractivity (Wildman–Crippen MR) is 174 cm³/mol. The van der Waals surface area contributed by atoms with Gasteiger partial charge in [-0.1, -0.05) is 29.8 Å². The highest BCUT2D eigenvalue weighted by Crippen LogP contribution is 2.39. The predicted octanol–water partition coefficient (Wildman–Crippen LogP) is 7.14. The van der Waals surface area contributed by atoms with Gasteiger partial charge in [-0.2, -0.15) is 9.97 Å². The quantitative estimate of drug-likeness (QED) is 0.258. The van der Waals surface area contributed by atoms with Crippen molar-refractivity contribution < 1.29 is 27.4 Å². The summed E-state index contributed by atoms with van der Waals surface area (Å²) in [7, 11) is 0. The Kier molecular flexibility index (Phi) is 9.04. The number of benzene rings is 2. The molecule has 0 saturated carbocycles. The lowest BCUT2D eigenvalue weighted by atomic mass is 9.96. The molecule has 2 saturated heterocycles. The number of anilines is 2. The number of carbonyl (C=O) groups excluding carboxylic acids is 1. The number of hydrogen-bond donors (Lipinski definition) is 0. The third kappa shape index (κ3) is 7.15. The van der Waals surface area contributed by atoms with Gasteiger partial charge >= 0.3 is 12.1 Å². The Morgan fingerprint density at radius 1 is 1.17 bits per heavy atom. The van der Waals surface area contributed by atoms with Gasteiger partial charge in [0.05, 0.1) is 29.8 Å². The van der Waals surface area contributed by atoms with Crippen molar-refractivity contribution in [3.05, 3.63) is 63.8 Å². The Balaban J connectivity index is 1.32. The summed E-state index contributed by atoms with van der Waals surface area (Å²) in [6.07, 6.45) is 1.07. The monoisotopic (exact) mass is 670 g/mol. The Labute approximate surface area is 277 Å². The molecule has 0 N–H and O–H groups in total. The minimum atomic E-state index is -3.09. The lowest BCUT2D eigenvalue weighted by molar-refractivity contribution is -0.00277. The Morgan fingerprint density at radius 3 is 2.74 bits per heavy atom. The van der Waals surface area contributed by atoms with E-state index in [1.807, 2.05) is 18.2 Å². The molecule has 1 aromatic heterocycles. The van der Waals surface area contributed by atoms with E-state index < -0.39 is 42.4 Å². The standard InChI is InChI=1S/C34H38ClF3N6O3/c1-33(2,3)47-32(45)44-20-34(37,38)15-23(44)19-46-31-40-26-18-42(27-9-5-8-22-10-11-25(36)29(35)28(22)27)14-12-24(26)30(41-31)43-13-6-7-21(17-43)16-39-4/h5,8-11,21,23H,6-7,12-20H2,1-3H3/t21-,23-/m0/s1. The maximum Gasteiger partial charge on any atom is 0.410 e. The van der Waals surface area contributed by atoms with Gasteiger partial charge in [-0.3, -0.25) is 4.90 Å². The van der Waals surface area contributed by atoms with Gasteiger partial charge < -0.3 is 24.1 Å². The van der Waals surface area contributed by atoms with E-state index in [0.717, 1.165) is 40.9 Å². The highest BCUT2D eigenvalue weighted by atomic mass is 35.5. The Bertz CT molecular complexity index is 1710. The average Bonchev–Trinajstić information content (AvgIpc) is 3.34. The van der Waals surface area contributed by atoms with Crippen molar-refractivity contribution >= 4 is 40.0 Å². The molecule has 0 radical (unpaired) electrons. The summed E-state index contributed by atoms with van der Waals surface area (Å²) in [6, 6.07) is 7.83. The average molecular weight is 671 g/mol. The summed E-state index contributed by atoms with van der Waals surface area (Å²) >= 11 is 6.47. The second-order valence-corrected chi connectivity index (χ2v) is 14.0. The fraction of sp³-hybridized carbons (Fsp3) is 0.529. The first-order valence-corrected chi connectivity index (χ1v) is 16.3. The second kappa shape index (κ2) is 12.9. The first kappa shape index (κ1) is 32.9. The fourth-order valence-corrected chi connectivity index (χ4v) is 7.03. The van der Waals surface area contributed by atoms with Crippen molar-refractivity contribution in [3.63, 3.8) is 0 Å². The van der Waals surface area contributed by atoms with Crippen molar-refractivity contribution in [2.24, 2.45) is 5.92 Å². The van der Waals surface area contributed by atoms with E-state index in [1.165, 1.54) is 6.07 Å². The third-order valence-electron chi connectivity index (χ3n) is 8.85. The van der Waals surface area contributed by atoms with Crippen molar-refractivity contribution in [2.75, 3.05) is 49.1 Å². The molecule has 4 heterocycles. The Hall–Kier alpha value is -3.98. The van der Waals surface area contributed by atoms with Crippen molar-refractivity contribution in [2.45, 2.75) is 70.6 Å². The highest BCUT2D eigenvalue weighted by Gasteiger charge is 2.48.